The van der Waals surface area contributed by atoms with Crippen LogP contribution in [0.2, 0.25) is 0 Å². The highest BCUT2D eigenvalue weighted by Crippen LogP contribution is 2.19. The third-order valence-electron chi connectivity index (χ3n) is 3.76. The summed E-state index contributed by atoms with van der Waals surface area (Å²) in [6.07, 6.45) is -2.42. The summed E-state index contributed by atoms with van der Waals surface area (Å²) >= 11 is 0. The van der Waals surface area contributed by atoms with Gasteiger partial charge in [-0.3, -0.25) is 14.6 Å². The second-order valence-electron chi connectivity index (χ2n) is 5.89. The second kappa shape index (κ2) is 8.74. The van der Waals surface area contributed by atoms with Crippen LogP contribution in [0.25, 0.3) is 0 Å². The number of aliphatic imine (C=N–C) groups is 1. The molecule has 1 saturated heterocycles. The lowest BCUT2D eigenvalue weighted by Crippen LogP contribution is -2.50. The zero-order valence-electron chi connectivity index (χ0n) is 13.9. The number of hydrogen-bond acceptors (Lipinski definition) is 3. The van der Waals surface area contributed by atoms with Gasteiger partial charge in [-0.1, -0.05) is 0 Å². The Morgan fingerprint density at radius 2 is 2.08 bits per heavy atom. The lowest BCUT2D eigenvalue weighted by Gasteiger charge is -2.34. The minimum atomic E-state index is -4.43. The van der Waals surface area contributed by atoms with Gasteiger partial charge in [-0.2, -0.15) is 13.2 Å². The fourth-order valence-corrected chi connectivity index (χ4v) is 2.69. The molecule has 24 heavy (non-hydrogen) atoms. The summed E-state index contributed by atoms with van der Waals surface area (Å²) in [7, 11) is 2.63. The number of guanidine groups is 1. The molecule has 0 radical (unpaired) electrons. The van der Waals surface area contributed by atoms with Crippen LogP contribution in [0, 0.1) is 5.92 Å². The SMILES string of the molecule is CN=C(NCC(=O)N(C)CC(F)(F)F)N1CCCC(CC(N)=O)C1. The lowest BCUT2D eigenvalue weighted by atomic mass is 9.95. The predicted molar refractivity (Wildman–Crippen MR) is 83.2 cm³/mol. The predicted octanol–water partition coefficient (Wildman–Crippen LogP) is 0.170. The van der Waals surface area contributed by atoms with Gasteiger partial charge in [0.05, 0.1) is 6.54 Å². The standard InChI is InChI=1S/C14H24F3N5O2/c1-19-13(20-7-12(24)21(2)9-14(15,16)17)22-5-3-4-10(8-22)6-11(18)23/h10H,3-9H2,1-2H3,(H2,18,23)(H,19,20). The van der Waals surface area contributed by atoms with Crippen molar-refractivity contribution in [2.45, 2.75) is 25.4 Å². The van der Waals surface area contributed by atoms with Gasteiger partial charge < -0.3 is 20.9 Å². The molecule has 0 aromatic heterocycles. The van der Waals surface area contributed by atoms with Gasteiger partial charge in [0.15, 0.2) is 5.96 Å². The largest absolute Gasteiger partial charge is 0.406 e. The molecule has 7 nitrogen and oxygen atoms in total. The van der Waals surface area contributed by atoms with E-state index in [9.17, 15) is 22.8 Å². The minimum absolute atomic E-state index is 0.110. The Labute approximate surface area is 139 Å². The molecule has 0 aromatic carbocycles. The number of rotatable bonds is 5. The molecule has 0 aliphatic carbocycles. The molecule has 0 spiro atoms. The van der Waals surface area contributed by atoms with Crippen LogP contribution in [-0.2, 0) is 9.59 Å². The highest BCUT2D eigenvalue weighted by atomic mass is 19.4. The molecule has 1 aliphatic heterocycles. The van der Waals surface area contributed by atoms with Crippen LogP contribution >= 0.6 is 0 Å². The molecule has 1 heterocycles. The molecule has 138 valence electrons. The molecule has 1 fully saturated rings. The fourth-order valence-electron chi connectivity index (χ4n) is 2.69. The van der Waals surface area contributed by atoms with Gasteiger partial charge in [-0.25, -0.2) is 0 Å². The lowest BCUT2D eigenvalue weighted by molar-refractivity contribution is -0.157. The van der Waals surface area contributed by atoms with E-state index in [1.54, 1.807) is 0 Å². The molecule has 1 aliphatic rings. The maximum absolute atomic E-state index is 12.3. The number of hydrogen-bond donors (Lipinski definition) is 2. The number of carbonyl (C=O) groups is 2. The number of likely N-dealkylation sites (tertiary alicyclic amines) is 1. The van der Waals surface area contributed by atoms with Crippen molar-refractivity contribution in [1.82, 2.24) is 15.1 Å². The van der Waals surface area contributed by atoms with E-state index >= 15 is 0 Å². The van der Waals surface area contributed by atoms with Gasteiger partial charge >= 0.3 is 6.18 Å². The summed E-state index contributed by atoms with van der Waals surface area (Å²) in [6, 6.07) is 0. The third-order valence-corrected chi connectivity index (χ3v) is 3.76. The van der Waals surface area contributed by atoms with Crippen LogP contribution in [-0.4, -0.2) is 74.0 Å². The van der Waals surface area contributed by atoms with Crippen molar-refractivity contribution in [3.8, 4) is 0 Å². The van der Waals surface area contributed by atoms with Crippen molar-refractivity contribution in [2.75, 3.05) is 40.3 Å². The second-order valence-corrected chi connectivity index (χ2v) is 5.89. The number of primary amides is 1. The summed E-state index contributed by atoms with van der Waals surface area (Å²) in [4.78, 5) is 29.3. The van der Waals surface area contributed by atoms with E-state index in [2.05, 4.69) is 10.3 Å². The van der Waals surface area contributed by atoms with Gasteiger partial charge in [0.2, 0.25) is 11.8 Å². The van der Waals surface area contributed by atoms with E-state index in [0.29, 0.717) is 23.9 Å². The number of nitrogens with two attached hydrogens (primary N) is 1. The number of halogens is 3. The van der Waals surface area contributed by atoms with Crippen LogP contribution in [0.3, 0.4) is 0 Å². The zero-order chi connectivity index (χ0) is 18.3. The highest BCUT2D eigenvalue weighted by molar-refractivity contribution is 5.86. The van der Waals surface area contributed by atoms with Gasteiger partial charge in [0.1, 0.15) is 6.54 Å². The van der Waals surface area contributed by atoms with Crippen molar-refractivity contribution in [2.24, 2.45) is 16.6 Å². The van der Waals surface area contributed by atoms with Gasteiger partial charge in [0.25, 0.3) is 0 Å². The van der Waals surface area contributed by atoms with E-state index in [1.807, 2.05) is 4.90 Å². The summed E-state index contributed by atoms with van der Waals surface area (Å²) in [5.41, 5.74) is 5.21. The van der Waals surface area contributed by atoms with Crippen molar-refractivity contribution >= 4 is 17.8 Å². The number of amides is 2. The molecule has 0 bridgehead atoms. The van der Waals surface area contributed by atoms with Crippen LogP contribution in [0.1, 0.15) is 19.3 Å². The molecule has 3 N–H and O–H groups in total. The van der Waals surface area contributed by atoms with Gasteiger partial charge in [-0.05, 0) is 18.8 Å². The summed E-state index contributed by atoms with van der Waals surface area (Å²) in [6.45, 7) is -0.316. The van der Waals surface area contributed by atoms with Crippen molar-refractivity contribution < 1.29 is 22.8 Å². The first-order valence-corrected chi connectivity index (χ1v) is 7.67. The molecule has 2 amide bonds. The average Bonchev–Trinajstić information content (AvgIpc) is 2.45. The smallest absolute Gasteiger partial charge is 0.370 e. The quantitative estimate of drug-likeness (QED) is 0.546. The van der Waals surface area contributed by atoms with Gasteiger partial charge in [-0.15, -0.1) is 0 Å². The molecule has 1 rings (SSSR count). The first-order valence-electron chi connectivity index (χ1n) is 7.67. The van der Waals surface area contributed by atoms with Crippen LogP contribution < -0.4 is 11.1 Å². The Morgan fingerprint density at radius 1 is 1.42 bits per heavy atom. The summed E-state index contributed by atoms with van der Waals surface area (Å²) in [5, 5.41) is 2.78. The highest BCUT2D eigenvalue weighted by Gasteiger charge is 2.31. The maximum Gasteiger partial charge on any atom is 0.406 e. The van der Waals surface area contributed by atoms with E-state index < -0.39 is 18.6 Å². The van der Waals surface area contributed by atoms with E-state index in [1.165, 1.54) is 7.05 Å². The first kappa shape index (κ1) is 20.0. The number of carbonyl (C=O) groups excluding carboxylic acids is 2. The molecule has 1 unspecified atom stereocenters. The van der Waals surface area contributed by atoms with E-state index in [4.69, 9.17) is 5.73 Å². The number of likely N-dealkylation sites (N-methyl/N-ethyl adjacent to an activating group) is 1. The Morgan fingerprint density at radius 3 is 2.62 bits per heavy atom. The number of alkyl halides is 3. The first-order chi connectivity index (χ1) is 11.1. The zero-order valence-corrected chi connectivity index (χ0v) is 13.9. The van der Waals surface area contributed by atoms with Crippen LogP contribution in [0.5, 0.6) is 0 Å². The summed E-state index contributed by atoms with van der Waals surface area (Å²) in [5.74, 6) is -0.510. The van der Waals surface area contributed by atoms with E-state index in [-0.39, 0.29) is 24.8 Å². The van der Waals surface area contributed by atoms with Crippen LogP contribution in [0.4, 0.5) is 13.2 Å². The molecule has 1 atom stereocenters. The number of nitrogens with zero attached hydrogens (tertiary/aromatic N) is 3. The Hall–Kier alpha value is -2.00. The molecule has 10 heteroatoms. The summed E-state index contributed by atoms with van der Waals surface area (Å²) < 4.78 is 36.9. The van der Waals surface area contributed by atoms with Gasteiger partial charge in [0, 0.05) is 33.6 Å². The van der Waals surface area contributed by atoms with E-state index in [0.717, 1.165) is 19.9 Å². The molecular weight excluding hydrogens is 327 g/mol. The molecule has 0 aromatic rings. The van der Waals surface area contributed by atoms with Crippen molar-refractivity contribution in [1.29, 1.82) is 0 Å². The van der Waals surface area contributed by atoms with Crippen LogP contribution in [0.15, 0.2) is 4.99 Å². The van der Waals surface area contributed by atoms with Crippen molar-refractivity contribution in [3.05, 3.63) is 0 Å². The average molecular weight is 351 g/mol. The topological polar surface area (TPSA) is 91.0 Å². The number of piperidine rings is 1. The van der Waals surface area contributed by atoms with Crippen molar-refractivity contribution in [3.63, 3.8) is 0 Å². The minimum Gasteiger partial charge on any atom is -0.370 e. The molecule has 0 saturated carbocycles. The number of nitrogens with one attached hydrogen (secondary N) is 1. The molecular formula is C14H24F3N5O2. The Balaban J connectivity index is 2.52. The Bertz CT molecular complexity index is 482. The maximum atomic E-state index is 12.3. The fraction of sp³-hybridized carbons (Fsp3) is 0.786. The normalized spacial score (nSPS) is 19.1. The monoisotopic (exact) mass is 351 g/mol. The third kappa shape index (κ3) is 7.05. The Kier molecular flexibility index (Phi) is 7.30.